The molecular weight excluding hydrogens is 324 g/mol. The second-order valence-electron chi connectivity index (χ2n) is 4.44. The van der Waals surface area contributed by atoms with Crippen LogP contribution >= 0.6 is 15.9 Å². The normalized spacial score (nSPS) is 16.6. The number of carboxylic acid groups (broad SMARTS) is 1. The first kappa shape index (κ1) is 13.9. The van der Waals surface area contributed by atoms with Gasteiger partial charge >= 0.3 is 5.97 Å². The number of benzene rings is 1. The van der Waals surface area contributed by atoms with Gasteiger partial charge in [-0.05, 0) is 34.8 Å². The molecule has 1 aromatic rings. The summed E-state index contributed by atoms with van der Waals surface area (Å²) in [6.07, 6.45) is 1.08. The van der Waals surface area contributed by atoms with Gasteiger partial charge in [-0.25, -0.2) is 8.78 Å². The van der Waals surface area contributed by atoms with E-state index in [0.717, 1.165) is 6.07 Å². The van der Waals surface area contributed by atoms with Gasteiger partial charge in [0.2, 0.25) is 5.91 Å². The maximum Gasteiger partial charge on any atom is 0.319 e. The number of hydrogen-bond acceptors (Lipinski definition) is 2. The number of aliphatic carboxylic acids is 1. The molecule has 0 saturated heterocycles. The average molecular weight is 334 g/mol. The minimum absolute atomic E-state index is 0.0119. The first-order valence-electron chi connectivity index (χ1n) is 5.56. The van der Waals surface area contributed by atoms with E-state index in [2.05, 4.69) is 21.2 Å². The van der Waals surface area contributed by atoms with Crippen molar-refractivity contribution in [1.29, 1.82) is 0 Å². The van der Waals surface area contributed by atoms with E-state index in [9.17, 15) is 18.4 Å². The van der Waals surface area contributed by atoms with Gasteiger partial charge in [0.25, 0.3) is 0 Å². The third-order valence-electron chi connectivity index (χ3n) is 3.31. The van der Waals surface area contributed by atoms with E-state index in [0.29, 0.717) is 12.5 Å². The van der Waals surface area contributed by atoms with Gasteiger partial charge in [-0.3, -0.25) is 9.59 Å². The smallest absolute Gasteiger partial charge is 0.319 e. The predicted molar refractivity (Wildman–Crippen MR) is 66.6 cm³/mol. The first-order chi connectivity index (χ1) is 8.86. The molecule has 2 rings (SSSR count). The topological polar surface area (TPSA) is 66.4 Å². The Hall–Kier alpha value is -1.50. The van der Waals surface area contributed by atoms with E-state index in [1.54, 1.807) is 0 Å². The van der Waals surface area contributed by atoms with Crippen LogP contribution in [0.25, 0.3) is 0 Å². The van der Waals surface area contributed by atoms with Crippen molar-refractivity contribution >= 4 is 33.5 Å². The molecule has 7 heteroatoms. The Morgan fingerprint density at radius 1 is 1.26 bits per heavy atom. The van der Waals surface area contributed by atoms with Crippen molar-refractivity contribution in [2.24, 2.45) is 5.41 Å². The fourth-order valence-corrected chi connectivity index (χ4v) is 2.27. The van der Waals surface area contributed by atoms with Crippen LogP contribution < -0.4 is 5.32 Å². The molecule has 0 unspecified atom stereocenters. The monoisotopic (exact) mass is 333 g/mol. The molecule has 0 aliphatic heterocycles. The lowest BCUT2D eigenvalue weighted by molar-refractivity contribution is -0.159. The minimum atomic E-state index is -1.49. The van der Waals surface area contributed by atoms with E-state index >= 15 is 0 Å². The van der Waals surface area contributed by atoms with Crippen molar-refractivity contribution in [3.05, 3.63) is 28.2 Å². The van der Waals surface area contributed by atoms with Gasteiger partial charge in [0.15, 0.2) is 0 Å². The third kappa shape index (κ3) is 2.34. The number of carboxylic acids is 1. The summed E-state index contributed by atoms with van der Waals surface area (Å²) in [7, 11) is 0. The van der Waals surface area contributed by atoms with Crippen molar-refractivity contribution < 1.29 is 23.5 Å². The Morgan fingerprint density at radius 2 is 1.89 bits per heavy atom. The number of anilines is 1. The zero-order valence-corrected chi connectivity index (χ0v) is 11.3. The fraction of sp³-hybridized carbons (Fsp3) is 0.333. The van der Waals surface area contributed by atoms with Crippen molar-refractivity contribution in [3.8, 4) is 0 Å². The lowest BCUT2D eigenvalue weighted by atomic mass is 9.68. The highest BCUT2D eigenvalue weighted by Crippen LogP contribution is 2.42. The number of amides is 1. The van der Waals surface area contributed by atoms with Gasteiger partial charge in [-0.1, -0.05) is 6.42 Å². The van der Waals surface area contributed by atoms with Crippen LogP contribution in [-0.2, 0) is 9.59 Å². The SMILES string of the molecule is O=C(O)C1(C(=O)Nc2cc(Br)c(F)cc2F)CCC1. The number of hydrogen-bond donors (Lipinski definition) is 2. The van der Waals surface area contributed by atoms with E-state index in [1.165, 1.54) is 0 Å². The number of carbonyl (C=O) groups is 2. The highest BCUT2D eigenvalue weighted by Gasteiger charge is 2.51. The van der Waals surface area contributed by atoms with Crippen LogP contribution in [0.5, 0.6) is 0 Å². The summed E-state index contributed by atoms with van der Waals surface area (Å²) in [5.41, 5.74) is -1.74. The molecule has 1 saturated carbocycles. The Balaban J connectivity index is 2.24. The van der Waals surface area contributed by atoms with Crippen molar-refractivity contribution in [2.75, 3.05) is 5.32 Å². The number of carbonyl (C=O) groups excluding carboxylic acids is 1. The Kier molecular flexibility index (Phi) is 3.58. The van der Waals surface area contributed by atoms with Crippen molar-refractivity contribution in [3.63, 3.8) is 0 Å². The quantitative estimate of drug-likeness (QED) is 0.660. The minimum Gasteiger partial charge on any atom is -0.480 e. The van der Waals surface area contributed by atoms with Crippen LogP contribution in [0.1, 0.15) is 19.3 Å². The van der Waals surface area contributed by atoms with Crippen LogP contribution in [0.2, 0.25) is 0 Å². The van der Waals surface area contributed by atoms with Crippen LogP contribution in [-0.4, -0.2) is 17.0 Å². The lowest BCUT2D eigenvalue weighted by Gasteiger charge is -2.35. The lowest BCUT2D eigenvalue weighted by Crippen LogP contribution is -2.48. The average Bonchev–Trinajstić information content (AvgIpc) is 2.23. The van der Waals surface area contributed by atoms with Gasteiger partial charge in [0, 0.05) is 6.07 Å². The maximum absolute atomic E-state index is 13.5. The molecule has 1 amide bonds. The molecule has 0 atom stereocenters. The summed E-state index contributed by atoms with van der Waals surface area (Å²) >= 11 is 2.87. The summed E-state index contributed by atoms with van der Waals surface area (Å²) in [5, 5.41) is 11.3. The standard InChI is InChI=1S/C12H10BrF2NO3/c13-6-4-9(8(15)5-7(6)14)16-10(17)12(11(18)19)2-1-3-12/h4-5H,1-3H2,(H,16,17)(H,18,19). The van der Waals surface area contributed by atoms with Gasteiger partial charge < -0.3 is 10.4 Å². The molecule has 19 heavy (non-hydrogen) atoms. The zero-order chi connectivity index (χ0) is 14.2. The van der Waals surface area contributed by atoms with E-state index < -0.39 is 28.9 Å². The van der Waals surface area contributed by atoms with Crippen LogP contribution in [0.4, 0.5) is 14.5 Å². The maximum atomic E-state index is 13.5. The largest absolute Gasteiger partial charge is 0.480 e. The van der Waals surface area contributed by atoms with Gasteiger partial charge in [0.1, 0.15) is 17.0 Å². The van der Waals surface area contributed by atoms with Crippen LogP contribution in [0.15, 0.2) is 16.6 Å². The molecule has 2 N–H and O–H groups in total. The van der Waals surface area contributed by atoms with Crippen LogP contribution in [0, 0.1) is 17.0 Å². The Morgan fingerprint density at radius 3 is 2.37 bits per heavy atom. The van der Waals surface area contributed by atoms with E-state index in [1.807, 2.05) is 0 Å². The molecular formula is C12H10BrF2NO3. The molecule has 1 aromatic carbocycles. The summed E-state index contributed by atoms with van der Waals surface area (Å²) in [5.74, 6) is -3.75. The Bertz CT molecular complexity index is 558. The molecule has 1 aliphatic carbocycles. The summed E-state index contributed by atoms with van der Waals surface area (Å²) in [6, 6.07) is 1.69. The molecule has 4 nitrogen and oxygen atoms in total. The molecule has 0 radical (unpaired) electrons. The van der Waals surface area contributed by atoms with E-state index in [-0.39, 0.29) is 23.0 Å². The zero-order valence-electron chi connectivity index (χ0n) is 9.67. The second kappa shape index (κ2) is 4.88. The molecule has 0 spiro atoms. The fourth-order valence-electron chi connectivity index (χ4n) is 1.93. The summed E-state index contributed by atoms with van der Waals surface area (Å²) in [4.78, 5) is 23.1. The first-order valence-corrected chi connectivity index (χ1v) is 6.35. The van der Waals surface area contributed by atoms with Crippen LogP contribution in [0.3, 0.4) is 0 Å². The van der Waals surface area contributed by atoms with Gasteiger partial charge in [0.05, 0.1) is 10.2 Å². The van der Waals surface area contributed by atoms with E-state index in [4.69, 9.17) is 5.11 Å². The summed E-state index contributed by atoms with van der Waals surface area (Å²) in [6.45, 7) is 0. The molecule has 1 fully saturated rings. The third-order valence-corrected chi connectivity index (χ3v) is 3.92. The predicted octanol–water partition coefficient (Wildman–Crippen LogP) is 2.92. The van der Waals surface area contributed by atoms with Gasteiger partial charge in [-0.2, -0.15) is 0 Å². The second-order valence-corrected chi connectivity index (χ2v) is 5.30. The van der Waals surface area contributed by atoms with Gasteiger partial charge in [-0.15, -0.1) is 0 Å². The molecule has 0 aromatic heterocycles. The molecule has 1 aliphatic rings. The molecule has 102 valence electrons. The number of halogens is 3. The Labute approximate surface area is 115 Å². The highest BCUT2D eigenvalue weighted by atomic mass is 79.9. The summed E-state index contributed by atoms with van der Waals surface area (Å²) < 4.78 is 26.5. The molecule has 0 heterocycles. The van der Waals surface area contributed by atoms with Crippen molar-refractivity contribution in [1.82, 2.24) is 0 Å². The molecule has 0 bridgehead atoms. The number of nitrogens with one attached hydrogen (secondary N) is 1. The van der Waals surface area contributed by atoms with Crippen molar-refractivity contribution in [2.45, 2.75) is 19.3 Å². The highest BCUT2D eigenvalue weighted by molar-refractivity contribution is 9.10. The number of rotatable bonds is 3.